The summed E-state index contributed by atoms with van der Waals surface area (Å²) in [5, 5.41) is 11.3. The predicted octanol–water partition coefficient (Wildman–Crippen LogP) is 17.1. The second-order valence-electron chi connectivity index (χ2n) is 47.8. The molecule has 129 heavy (non-hydrogen) atoms. The smallest absolute Gasteiger partial charge is 0.424 e. The van der Waals surface area contributed by atoms with Crippen LogP contribution in [0.4, 0.5) is 14.4 Å². The highest BCUT2D eigenvalue weighted by Crippen LogP contribution is 2.46. The zero-order chi connectivity index (χ0) is 100. The van der Waals surface area contributed by atoms with Crippen molar-refractivity contribution in [2.24, 2.45) is 11.3 Å². The molecule has 2 heterocycles. The topological polar surface area (TPSA) is 358 Å². The van der Waals surface area contributed by atoms with Crippen LogP contribution in [0, 0.1) is 11.3 Å². The highest BCUT2D eigenvalue weighted by atomic mass is 32.2. The molecule has 0 bridgehead atoms. The van der Waals surface area contributed by atoms with Gasteiger partial charge in [0, 0.05) is 37.4 Å². The maximum Gasteiger partial charge on any atom is 0.424 e. The third-order valence-electron chi connectivity index (χ3n) is 26.9. The number of ether oxygens (including phenoxy) is 3. The normalized spacial score (nSPS) is 19.3. The molecule has 2 fully saturated rings. The summed E-state index contributed by atoms with van der Waals surface area (Å²) in [6, 6.07) is 5.71. The summed E-state index contributed by atoms with van der Waals surface area (Å²) >= 11 is 0. The van der Waals surface area contributed by atoms with Crippen LogP contribution in [0.5, 0.6) is 5.75 Å². The molecule has 10 amide bonds. The third kappa shape index (κ3) is 32.3. The van der Waals surface area contributed by atoms with E-state index >= 15 is 28.8 Å². The Balaban J connectivity index is 2.22. The largest absolute Gasteiger partial charge is 0.544 e. The Hall–Kier alpha value is -6.21. The van der Waals surface area contributed by atoms with Crippen molar-refractivity contribution < 1.29 is 97.1 Å². The number of carbonyl (C=O) groups is 10. The minimum Gasteiger partial charge on any atom is -0.544 e. The van der Waals surface area contributed by atoms with Gasteiger partial charge in [-0.2, -0.15) is 4.90 Å². The van der Waals surface area contributed by atoms with E-state index in [1.807, 2.05) is 201 Å². The van der Waals surface area contributed by atoms with Crippen molar-refractivity contribution in [2.45, 2.75) is 414 Å². The van der Waals surface area contributed by atoms with Crippen molar-refractivity contribution in [3.05, 3.63) is 65.7 Å². The number of imide groups is 3. The van der Waals surface area contributed by atoms with Crippen LogP contribution >= 0.6 is 0 Å². The Kier molecular flexibility index (Phi) is 37.8. The summed E-state index contributed by atoms with van der Waals surface area (Å²) in [6.07, 6.45) is -9.48. The molecule has 0 aliphatic carbocycles. The monoisotopic (exact) mass is 1930 g/mol. The number of benzene rings is 2. The minimum absolute atomic E-state index is 0.0677. The van der Waals surface area contributed by atoms with Crippen molar-refractivity contribution in [1.29, 1.82) is 0 Å². The van der Waals surface area contributed by atoms with Gasteiger partial charge in [0.15, 0.2) is 51.4 Å². The van der Waals surface area contributed by atoms with Crippen molar-refractivity contribution >= 4 is 119 Å². The van der Waals surface area contributed by atoms with E-state index in [9.17, 15) is 27.6 Å². The van der Waals surface area contributed by atoms with Crippen LogP contribution in [0.15, 0.2) is 54.6 Å². The summed E-state index contributed by atoms with van der Waals surface area (Å²) in [5.41, 5.74) is -2.41. The SMILES string of the molecule is C[C@@H]1CN(C(=O)[C@@H](NC(=O)C(NC(=O)[C@@H]2C[C@H](O[Si](C)(C)C(C)(C)C)CN2C(=O)[C@@H](NC(=O)C(CS(=O)(=O)CCNC(=O)OCc2ccccc2)NC(=O)OC(C)(C)C)[C@@H](C)O[Si](C)(C)C(C)(C)C)[C@H](Cc2ccc(O[Si](C)(C)C(C)(C)C)cc2)O[Si](C)(C)C(C)(C)C)[C@@H](C)O[Si](C)(C)C(C)(C)C)[C@H](C(=O)N(C(=O)OC(C)(C)C)C(=O)C(C)(C)C)[C@@H]1O[Si](C)(C)C(C)(C)C. The fourth-order valence-electron chi connectivity index (χ4n) is 13.1. The molecule has 0 saturated carbocycles. The number of alkyl carbamates (subject to hydrolysis) is 2. The lowest BCUT2D eigenvalue weighted by atomic mass is 9.94. The predicted molar refractivity (Wildman–Crippen MR) is 524 cm³/mol. The fraction of sp³-hybridized carbons (Fsp3) is 0.763. The van der Waals surface area contributed by atoms with Gasteiger partial charge in [0.05, 0.1) is 42.0 Å². The molecule has 2 aromatic rings. The van der Waals surface area contributed by atoms with E-state index in [1.54, 1.807) is 106 Å². The standard InChI is InChI=1S/C93H168N8O21SSi6/c1-60-56-100(73(74(60)122-129(41,42)93(28,29)30)80(107)101(81(108)85(4,5)6)84(111)116-87(10,11)12)79(106)71(62(3)118-125(33,34)89(16,17)18)97-77(104)72(69(121-128(39,40)92(25,26)27)54-63-48-50-65(51-49-63)119-126(35,36)90(19,20)21)98-76(103)68-55-66(120-127(37,38)91(22,23)24)57-99(68)78(105)70(61(2)117-124(31,32)88(13,14)15)96-75(102)67(95-83(110)115-86(7,8)9)59-123(112,113)53-52-94-82(109)114-58-64-46-44-43-45-47-64/h43-51,60-62,66-74H,52-59H2,1-42H3,(H,94,109)(H,95,110)(H,96,102)(H,97,104)(H,98,103)/t60-,61-,62-,66+,67?,68+,69+,70+,71+,72?,73+,74-/m1/s1. The maximum absolute atomic E-state index is 17.2. The summed E-state index contributed by atoms with van der Waals surface area (Å²) in [6.45, 7) is 79.1. The van der Waals surface area contributed by atoms with Crippen LogP contribution in [0.1, 0.15) is 225 Å². The summed E-state index contributed by atoms with van der Waals surface area (Å²) < 4.78 is 88.7. The lowest BCUT2D eigenvalue weighted by Gasteiger charge is -2.43. The average Bonchev–Trinajstić information content (AvgIpc) is 1.62. The molecule has 2 unspecified atom stereocenters. The molecule has 0 aromatic heterocycles. The zero-order valence-corrected chi connectivity index (χ0v) is 93.4. The molecule has 736 valence electrons. The van der Waals surface area contributed by atoms with Crippen LogP contribution in [0.25, 0.3) is 0 Å². The van der Waals surface area contributed by atoms with Crippen LogP contribution in [-0.2, 0) is 92.8 Å². The second kappa shape index (κ2) is 42.4. The lowest BCUT2D eigenvalue weighted by molar-refractivity contribution is -0.156. The number of sulfone groups is 1. The van der Waals surface area contributed by atoms with Gasteiger partial charge in [0.25, 0.3) is 5.91 Å². The van der Waals surface area contributed by atoms with Gasteiger partial charge in [-0.25, -0.2) is 22.8 Å². The number of amides is 10. The first kappa shape index (κ1) is 115. The van der Waals surface area contributed by atoms with E-state index in [-0.39, 0.29) is 37.6 Å². The Bertz CT molecular complexity index is 4340. The number of carbonyl (C=O) groups excluding carboxylic acids is 10. The molecular weight excluding hydrogens is 1770 g/mol. The van der Waals surface area contributed by atoms with Crippen molar-refractivity contribution in [1.82, 2.24) is 41.3 Å². The van der Waals surface area contributed by atoms with Gasteiger partial charge in [0.2, 0.25) is 43.8 Å². The number of likely N-dealkylation sites (tertiary alicyclic amines) is 2. The lowest BCUT2D eigenvalue weighted by Crippen LogP contribution is -2.66. The molecule has 0 spiro atoms. The molecule has 4 rings (SSSR count). The molecule has 12 atom stereocenters. The second-order valence-corrected chi connectivity index (χ2v) is 78.5. The van der Waals surface area contributed by atoms with Gasteiger partial charge < -0.3 is 77.2 Å². The van der Waals surface area contributed by atoms with E-state index < -0.39 is 252 Å². The molecule has 36 heteroatoms. The molecular formula is C93H168N8O21SSi6. The quantitative estimate of drug-likeness (QED) is 0.0321. The van der Waals surface area contributed by atoms with E-state index in [0.717, 1.165) is 0 Å². The van der Waals surface area contributed by atoms with Gasteiger partial charge in [-0.1, -0.05) is 195 Å². The van der Waals surface area contributed by atoms with Crippen LogP contribution in [-0.4, -0.2) is 242 Å². The highest BCUT2D eigenvalue weighted by molar-refractivity contribution is 7.91. The Morgan fingerprint density at radius 3 is 1.38 bits per heavy atom. The van der Waals surface area contributed by atoms with Crippen molar-refractivity contribution in [2.75, 3.05) is 31.1 Å². The van der Waals surface area contributed by atoms with Crippen LogP contribution in [0.3, 0.4) is 0 Å². The van der Waals surface area contributed by atoms with Gasteiger partial charge >= 0.3 is 18.3 Å². The van der Waals surface area contributed by atoms with E-state index in [2.05, 4.69) is 60.4 Å². The van der Waals surface area contributed by atoms with E-state index in [1.165, 1.54) is 9.80 Å². The maximum atomic E-state index is 17.2. The molecule has 5 N–H and O–H groups in total. The van der Waals surface area contributed by atoms with Gasteiger partial charge in [0.1, 0.15) is 59.8 Å². The number of rotatable bonds is 34. The number of nitrogens with one attached hydrogen (secondary N) is 5. The fourth-order valence-corrected chi connectivity index (χ4v) is 22.3. The highest BCUT2D eigenvalue weighted by Gasteiger charge is 2.58. The first-order chi connectivity index (χ1) is 57.7. The number of nitrogens with zero attached hydrogens (tertiary/aromatic N) is 3. The molecule has 2 aliphatic rings. The van der Waals surface area contributed by atoms with Gasteiger partial charge in [-0.05, 0) is 194 Å². The van der Waals surface area contributed by atoms with Crippen molar-refractivity contribution in [3.63, 3.8) is 0 Å². The summed E-state index contributed by atoms with van der Waals surface area (Å²) in [7, 11) is -21.9. The van der Waals surface area contributed by atoms with Gasteiger partial charge in [-0.15, -0.1) is 0 Å². The Morgan fingerprint density at radius 2 is 0.930 bits per heavy atom. The Labute approximate surface area is 780 Å². The van der Waals surface area contributed by atoms with E-state index in [4.69, 9.17) is 40.8 Å². The van der Waals surface area contributed by atoms with E-state index in [0.29, 0.717) is 21.8 Å². The minimum atomic E-state index is -4.43. The summed E-state index contributed by atoms with van der Waals surface area (Å²) in [5.74, 6) is -8.61. The average molecular weight is 1930 g/mol. The number of hydrogen-bond acceptors (Lipinski definition) is 21. The molecule has 2 saturated heterocycles. The first-order valence-electron chi connectivity index (χ1n) is 45.7. The van der Waals surface area contributed by atoms with Crippen LogP contribution in [0.2, 0.25) is 109 Å². The first-order valence-corrected chi connectivity index (χ1v) is 64.9. The molecule has 0 radical (unpaired) electrons. The summed E-state index contributed by atoms with van der Waals surface area (Å²) in [4.78, 5) is 160. The third-order valence-corrected chi connectivity index (χ3v) is 55.6. The van der Waals surface area contributed by atoms with Crippen LogP contribution < -0.4 is 31.0 Å². The van der Waals surface area contributed by atoms with Crippen molar-refractivity contribution in [3.8, 4) is 5.75 Å². The Morgan fingerprint density at radius 1 is 0.488 bits per heavy atom. The molecule has 29 nitrogen and oxygen atoms in total. The van der Waals surface area contributed by atoms with Gasteiger partial charge in [-0.3, -0.25) is 33.6 Å². The molecule has 2 aromatic carbocycles. The molecule has 2 aliphatic heterocycles. The zero-order valence-electron chi connectivity index (χ0n) is 86.6. The number of hydrogen-bond donors (Lipinski definition) is 5.